The van der Waals surface area contributed by atoms with Crippen molar-refractivity contribution in [1.29, 1.82) is 0 Å². The molecule has 3 nitrogen and oxygen atoms in total. The first kappa shape index (κ1) is 12.7. The van der Waals surface area contributed by atoms with E-state index >= 15 is 0 Å². The van der Waals surface area contributed by atoms with E-state index in [0.29, 0.717) is 12.3 Å². The second-order valence-electron chi connectivity index (χ2n) is 5.82. The molecule has 1 fully saturated rings. The minimum absolute atomic E-state index is 0.155. The Bertz CT molecular complexity index is 466. The molecule has 1 aromatic rings. The average molecular weight is 258 g/mol. The molecule has 102 valence electrons. The van der Waals surface area contributed by atoms with Gasteiger partial charge in [-0.1, -0.05) is 18.2 Å². The zero-order chi connectivity index (χ0) is 13.1. The third-order valence-electron chi connectivity index (χ3n) is 4.23. The second-order valence-corrected chi connectivity index (χ2v) is 5.82. The Kier molecular flexibility index (Phi) is 3.83. The molecule has 3 heteroatoms. The number of fused-ring (bicyclic) bond motifs is 1. The smallest absolute Gasteiger partial charge is 0.224 e. The summed E-state index contributed by atoms with van der Waals surface area (Å²) in [5.74, 6) is 0.787. The molecule has 0 atom stereocenters. The minimum atomic E-state index is 0.155. The van der Waals surface area contributed by atoms with Gasteiger partial charge < -0.3 is 10.6 Å². The lowest BCUT2D eigenvalue weighted by molar-refractivity contribution is -0.120. The van der Waals surface area contributed by atoms with Crippen molar-refractivity contribution in [2.75, 3.05) is 19.6 Å². The van der Waals surface area contributed by atoms with Gasteiger partial charge in [-0.25, -0.2) is 0 Å². The van der Waals surface area contributed by atoms with E-state index in [0.717, 1.165) is 25.2 Å². The number of carbonyl (C=O) groups is 1. The molecule has 0 bridgehead atoms. The number of hydrogen-bond acceptors (Lipinski definition) is 2. The quantitative estimate of drug-likeness (QED) is 0.858. The van der Waals surface area contributed by atoms with Gasteiger partial charge in [0, 0.05) is 25.6 Å². The Morgan fingerprint density at radius 2 is 2.00 bits per heavy atom. The maximum atomic E-state index is 11.9. The standard InChI is InChI=1S/C16H22N2O/c19-16(18-11-13-9-17-10-13)8-12-5-6-14-3-1-2-4-15(14)7-12/h5-7,13,17H,1-4,8-11H2,(H,18,19). The van der Waals surface area contributed by atoms with Crippen molar-refractivity contribution >= 4 is 5.91 Å². The predicted molar refractivity (Wildman–Crippen MR) is 76.2 cm³/mol. The SMILES string of the molecule is O=C(Cc1ccc2c(c1)CCCC2)NCC1CNC1. The summed E-state index contributed by atoms with van der Waals surface area (Å²) in [5, 5.41) is 6.25. The summed E-state index contributed by atoms with van der Waals surface area (Å²) in [5.41, 5.74) is 4.10. The lowest BCUT2D eigenvalue weighted by Gasteiger charge is -2.27. The van der Waals surface area contributed by atoms with Crippen molar-refractivity contribution in [3.05, 3.63) is 34.9 Å². The molecule has 1 saturated heterocycles. The Morgan fingerprint density at radius 1 is 1.21 bits per heavy atom. The van der Waals surface area contributed by atoms with E-state index in [9.17, 15) is 4.79 Å². The monoisotopic (exact) mass is 258 g/mol. The van der Waals surface area contributed by atoms with Crippen LogP contribution >= 0.6 is 0 Å². The van der Waals surface area contributed by atoms with Crippen molar-refractivity contribution in [2.45, 2.75) is 32.1 Å². The number of amides is 1. The van der Waals surface area contributed by atoms with Gasteiger partial charge in [-0.3, -0.25) is 4.79 Å². The molecule has 3 rings (SSSR count). The maximum absolute atomic E-state index is 11.9. The molecular formula is C16H22N2O. The summed E-state index contributed by atoms with van der Waals surface area (Å²) < 4.78 is 0. The topological polar surface area (TPSA) is 41.1 Å². The Labute approximate surface area is 114 Å². The number of aryl methyl sites for hydroxylation is 2. The van der Waals surface area contributed by atoms with E-state index in [1.165, 1.54) is 36.8 Å². The van der Waals surface area contributed by atoms with Gasteiger partial charge in [0.1, 0.15) is 0 Å². The molecule has 2 N–H and O–H groups in total. The van der Waals surface area contributed by atoms with Crippen molar-refractivity contribution in [3.63, 3.8) is 0 Å². The summed E-state index contributed by atoms with van der Waals surface area (Å²) >= 11 is 0. The van der Waals surface area contributed by atoms with Crippen LogP contribution in [0, 0.1) is 5.92 Å². The molecule has 1 amide bonds. The van der Waals surface area contributed by atoms with E-state index < -0.39 is 0 Å². The summed E-state index contributed by atoms with van der Waals surface area (Å²) in [6.45, 7) is 2.90. The first-order valence-corrected chi connectivity index (χ1v) is 7.39. The van der Waals surface area contributed by atoms with Gasteiger partial charge in [0.05, 0.1) is 6.42 Å². The van der Waals surface area contributed by atoms with E-state index in [4.69, 9.17) is 0 Å². The van der Waals surface area contributed by atoms with Gasteiger partial charge >= 0.3 is 0 Å². The second kappa shape index (κ2) is 5.74. The van der Waals surface area contributed by atoms with Gasteiger partial charge in [0.15, 0.2) is 0 Å². The van der Waals surface area contributed by atoms with Gasteiger partial charge in [-0.2, -0.15) is 0 Å². The first-order chi connectivity index (χ1) is 9.31. The molecule has 1 aliphatic carbocycles. The fourth-order valence-corrected chi connectivity index (χ4v) is 2.90. The average Bonchev–Trinajstić information content (AvgIpc) is 2.37. The molecule has 0 radical (unpaired) electrons. The van der Waals surface area contributed by atoms with Crippen molar-refractivity contribution in [1.82, 2.24) is 10.6 Å². The Balaban J connectivity index is 1.54. The van der Waals surface area contributed by atoms with E-state index in [1.54, 1.807) is 0 Å². The van der Waals surface area contributed by atoms with Crippen LogP contribution in [0.2, 0.25) is 0 Å². The lowest BCUT2D eigenvalue weighted by atomic mass is 9.90. The number of benzene rings is 1. The third-order valence-corrected chi connectivity index (χ3v) is 4.23. The fraction of sp³-hybridized carbons (Fsp3) is 0.562. The van der Waals surface area contributed by atoms with E-state index in [-0.39, 0.29) is 5.91 Å². The van der Waals surface area contributed by atoms with Crippen molar-refractivity contribution in [2.24, 2.45) is 5.92 Å². The summed E-state index contributed by atoms with van der Waals surface area (Å²) in [4.78, 5) is 11.9. The minimum Gasteiger partial charge on any atom is -0.355 e. The summed E-state index contributed by atoms with van der Waals surface area (Å²) in [7, 11) is 0. The van der Waals surface area contributed by atoms with E-state index in [2.05, 4.69) is 28.8 Å². The van der Waals surface area contributed by atoms with Crippen LogP contribution in [0.5, 0.6) is 0 Å². The molecule has 1 aliphatic heterocycles. The van der Waals surface area contributed by atoms with Gasteiger partial charge in [0.2, 0.25) is 5.91 Å². The van der Waals surface area contributed by atoms with Gasteiger partial charge in [0.25, 0.3) is 0 Å². The van der Waals surface area contributed by atoms with Crippen LogP contribution in [-0.4, -0.2) is 25.5 Å². The Morgan fingerprint density at radius 3 is 2.74 bits per heavy atom. The predicted octanol–water partition coefficient (Wildman–Crippen LogP) is 1.44. The van der Waals surface area contributed by atoms with Crippen molar-refractivity contribution in [3.8, 4) is 0 Å². The van der Waals surface area contributed by atoms with Crippen LogP contribution < -0.4 is 10.6 Å². The molecule has 1 heterocycles. The Hall–Kier alpha value is -1.35. The highest BCUT2D eigenvalue weighted by atomic mass is 16.1. The van der Waals surface area contributed by atoms with Crippen molar-refractivity contribution < 1.29 is 4.79 Å². The van der Waals surface area contributed by atoms with Crippen LogP contribution in [0.25, 0.3) is 0 Å². The number of hydrogen-bond donors (Lipinski definition) is 2. The fourth-order valence-electron chi connectivity index (χ4n) is 2.90. The van der Waals surface area contributed by atoms with Crippen LogP contribution in [0.1, 0.15) is 29.5 Å². The van der Waals surface area contributed by atoms with Crippen LogP contribution in [0.4, 0.5) is 0 Å². The zero-order valence-corrected chi connectivity index (χ0v) is 11.4. The van der Waals surface area contributed by atoms with Crippen LogP contribution in [-0.2, 0) is 24.1 Å². The highest BCUT2D eigenvalue weighted by Gasteiger charge is 2.17. The molecule has 0 saturated carbocycles. The van der Waals surface area contributed by atoms with Crippen LogP contribution in [0.3, 0.4) is 0 Å². The molecular weight excluding hydrogens is 236 g/mol. The molecule has 1 aromatic carbocycles. The largest absolute Gasteiger partial charge is 0.355 e. The zero-order valence-electron chi connectivity index (χ0n) is 11.4. The summed E-state index contributed by atoms with van der Waals surface area (Å²) in [6, 6.07) is 6.57. The highest BCUT2D eigenvalue weighted by molar-refractivity contribution is 5.78. The number of nitrogens with one attached hydrogen (secondary N) is 2. The molecule has 19 heavy (non-hydrogen) atoms. The van der Waals surface area contributed by atoms with E-state index in [1.807, 2.05) is 0 Å². The maximum Gasteiger partial charge on any atom is 0.224 e. The molecule has 0 spiro atoms. The molecule has 0 aromatic heterocycles. The molecule has 0 unspecified atom stereocenters. The van der Waals surface area contributed by atoms with Gasteiger partial charge in [-0.05, 0) is 42.4 Å². The normalized spacial score (nSPS) is 18.5. The highest BCUT2D eigenvalue weighted by Crippen LogP contribution is 2.22. The lowest BCUT2D eigenvalue weighted by Crippen LogP contribution is -2.48. The van der Waals surface area contributed by atoms with Gasteiger partial charge in [-0.15, -0.1) is 0 Å². The first-order valence-electron chi connectivity index (χ1n) is 7.39. The number of rotatable bonds is 4. The molecule has 2 aliphatic rings. The number of carbonyl (C=O) groups excluding carboxylic acids is 1. The summed E-state index contributed by atoms with van der Waals surface area (Å²) in [6.07, 6.45) is 5.50. The third kappa shape index (κ3) is 3.16. The van der Waals surface area contributed by atoms with Crippen LogP contribution in [0.15, 0.2) is 18.2 Å².